The highest BCUT2D eigenvalue weighted by Crippen LogP contribution is 2.39. The van der Waals surface area contributed by atoms with Gasteiger partial charge in [0, 0.05) is 5.92 Å². The third kappa shape index (κ3) is 4.42. The van der Waals surface area contributed by atoms with Crippen LogP contribution in [0.25, 0.3) is 0 Å². The van der Waals surface area contributed by atoms with Gasteiger partial charge >= 0.3 is 0 Å². The first-order valence-electron chi connectivity index (χ1n) is 10.3. The summed E-state index contributed by atoms with van der Waals surface area (Å²) in [5, 5.41) is 0. The van der Waals surface area contributed by atoms with E-state index < -0.39 is 5.92 Å². The average Bonchev–Trinajstić information content (AvgIpc) is 3.31. The molecule has 2 nitrogen and oxygen atoms in total. The van der Waals surface area contributed by atoms with Crippen LogP contribution in [0.4, 0.5) is 4.39 Å². The average molecular weight is 358 g/mol. The number of halogens is 1. The molecule has 2 saturated carbocycles. The van der Waals surface area contributed by atoms with Gasteiger partial charge in [-0.25, -0.2) is 4.39 Å². The van der Waals surface area contributed by atoms with Gasteiger partial charge in [0.15, 0.2) is 0 Å². The van der Waals surface area contributed by atoms with Crippen LogP contribution >= 0.6 is 0 Å². The Morgan fingerprint density at radius 3 is 2.58 bits per heavy atom. The van der Waals surface area contributed by atoms with Crippen molar-refractivity contribution < 1.29 is 14.0 Å². The molecule has 0 aliphatic heterocycles. The molecule has 3 atom stereocenters. The van der Waals surface area contributed by atoms with Crippen LogP contribution in [-0.2, 0) is 16.0 Å². The fourth-order valence-electron chi connectivity index (χ4n) is 4.92. The van der Waals surface area contributed by atoms with Gasteiger partial charge in [-0.2, -0.15) is 0 Å². The minimum Gasteiger partial charge on any atom is -0.299 e. The van der Waals surface area contributed by atoms with Crippen molar-refractivity contribution in [3.05, 3.63) is 35.1 Å². The van der Waals surface area contributed by atoms with E-state index in [9.17, 15) is 14.0 Å². The highest BCUT2D eigenvalue weighted by atomic mass is 19.1. The normalized spacial score (nSPS) is 24.7. The van der Waals surface area contributed by atoms with Crippen molar-refractivity contribution in [2.45, 2.75) is 77.6 Å². The maximum Gasteiger partial charge on any atom is 0.146 e. The molecule has 0 N–H and O–H groups in total. The van der Waals surface area contributed by atoms with Crippen LogP contribution in [0.2, 0.25) is 0 Å². The largest absolute Gasteiger partial charge is 0.299 e. The molecule has 2 aliphatic rings. The third-order valence-corrected chi connectivity index (χ3v) is 6.71. The quantitative estimate of drug-likeness (QED) is 0.592. The van der Waals surface area contributed by atoms with E-state index in [4.69, 9.17) is 0 Å². The predicted octanol–water partition coefficient (Wildman–Crippen LogP) is 5.63. The maximum absolute atomic E-state index is 13.8. The van der Waals surface area contributed by atoms with Gasteiger partial charge in [-0.05, 0) is 93.9 Å². The van der Waals surface area contributed by atoms with E-state index in [1.807, 2.05) is 6.07 Å². The number of rotatable bonds is 7. The standard InChI is InChI=1S/C23H31FO2/c1-15(16(2)25)23(26)20-10-8-17(13-20)7-9-19-11-12-21(24)14-22(19)18-5-3-4-6-18/h11-12,14-15,17-18,20H,3-10,13H2,1-2H3. The Morgan fingerprint density at radius 2 is 1.88 bits per heavy atom. The first-order valence-corrected chi connectivity index (χ1v) is 10.3. The molecule has 3 rings (SSSR count). The van der Waals surface area contributed by atoms with E-state index in [0.717, 1.165) is 32.1 Å². The Bertz CT molecular complexity index is 660. The molecular formula is C23H31FO2. The lowest BCUT2D eigenvalue weighted by atomic mass is 9.87. The van der Waals surface area contributed by atoms with Crippen molar-refractivity contribution in [2.24, 2.45) is 17.8 Å². The number of Topliss-reactive ketones (excluding diaryl/α,β-unsaturated/α-hetero) is 2. The number of ketones is 2. The van der Waals surface area contributed by atoms with E-state index in [2.05, 4.69) is 0 Å². The van der Waals surface area contributed by atoms with Crippen LogP contribution in [-0.4, -0.2) is 11.6 Å². The van der Waals surface area contributed by atoms with Crippen LogP contribution in [0.1, 0.15) is 82.3 Å². The Kier molecular flexibility index (Phi) is 6.26. The second-order valence-electron chi connectivity index (χ2n) is 8.47. The molecule has 0 radical (unpaired) electrons. The van der Waals surface area contributed by atoms with Gasteiger partial charge in [-0.15, -0.1) is 0 Å². The van der Waals surface area contributed by atoms with E-state index in [-0.39, 0.29) is 23.3 Å². The van der Waals surface area contributed by atoms with Crippen molar-refractivity contribution in [2.75, 3.05) is 0 Å². The Balaban J connectivity index is 1.58. The lowest BCUT2D eigenvalue weighted by molar-refractivity contribution is -0.133. The lowest BCUT2D eigenvalue weighted by Gasteiger charge is -2.17. The Morgan fingerprint density at radius 1 is 1.15 bits per heavy atom. The van der Waals surface area contributed by atoms with Crippen molar-refractivity contribution >= 4 is 11.6 Å². The minimum atomic E-state index is -0.454. The fourth-order valence-corrected chi connectivity index (χ4v) is 4.92. The number of benzene rings is 1. The monoisotopic (exact) mass is 358 g/mol. The second kappa shape index (κ2) is 8.45. The molecule has 0 amide bonds. The van der Waals surface area contributed by atoms with Crippen LogP contribution in [0, 0.1) is 23.6 Å². The van der Waals surface area contributed by atoms with Crippen molar-refractivity contribution in [1.82, 2.24) is 0 Å². The van der Waals surface area contributed by atoms with Gasteiger partial charge in [0.05, 0.1) is 5.92 Å². The molecule has 26 heavy (non-hydrogen) atoms. The Labute approximate surface area is 156 Å². The first-order chi connectivity index (χ1) is 12.5. The lowest BCUT2D eigenvalue weighted by Crippen LogP contribution is -2.25. The van der Waals surface area contributed by atoms with E-state index in [0.29, 0.717) is 11.8 Å². The molecule has 1 aromatic rings. The van der Waals surface area contributed by atoms with Crippen LogP contribution < -0.4 is 0 Å². The van der Waals surface area contributed by atoms with Gasteiger partial charge < -0.3 is 0 Å². The number of carbonyl (C=O) groups excluding carboxylic acids is 2. The smallest absolute Gasteiger partial charge is 0.146 e. The third-order valence-electron chi connectivity index (χ3n) is 6.71. The summed E-state index contributed by atoms with van der Waals surface area (Å²) in [4.78, 5) is 23.9. The molecule has 3 unspecified atom stereocenters. The number of hydrogen-bond acceptors (Lipinski definition) is 2. The van der Waals surface area contributed by atoms with E-state index in [1.54, 1.807) is 19.1 Å². The van der Waals surface area contributed by atoms with Crippen LogP contribution in [0.5, 0.6) is 0 Å². The topological polar surface area (TPSA) is 34.1 Å². The predicted molar refractivity (Wildman–Crippen MR) is 102 cm³/mol. The summed E-state index contributed by atoms with van der Waals surface area (Å²) in [6, 6.07) is 5.31. The van der Waals surface area contributed by atoms with Crippen molar-refractivity contribution in [3.63, 3.8) is 0 Å². The van der Waals surface area contributed by atoms with Gasteiger partial charge in [0.2, 0.25) is 0 Å². The first kappa shape index (κ1) is 19.3. The molecule has 3 heteroatoms. The summed E-state index contributed by atoms with van der Waals surface area (Å²) in [5.41, 5.74) is 2.52. The summed E-state index contributed by atoms with van der Waals surface area (Å²) >= 11 is 0. The fraction of sp³-hybridized carbons (Fsp3) is 0.652. The van der Waals surface area contributed by atoms with Crippen LogP contribution in [0.15, 0.2) is 18.2 Å². The molecule has 0 aromatic heterocycles. The maximum atomic E-state index is 13.8. The van der Waals surface area contributed by atoms with E-state index >= 15 is 0 Å². The highest BCUT2D eigenvalue weighted by Gasteiger charge is 2.33. The van der Waals surface area contributed by atoms with Gasteiger partial charge in [0.1, 0.15) is 17.4 Å². The minimum absolute atomic E-state index is 0.0223. The second-order valence-corrected chi connectivity index (χ2v) is 8.47. The zero-order valence-electron chi connectivity index (χ0n) is 16.1. The van der Waals surface area contributed by atoms with Crippen molar-refractivity contribution in [3.8, 4) is 0 Å². The highest BCUT2D eigenvalue weighted by molar-refractivity contribution is 6.02. The number of aryl methyl sites for hydroxylation is 1. The summed E-state index contributed by atoms with van der Waals surface area (Å²) < 4.78 is 13.8. The molecule has 0 bridgehead atoms. The molecule has 0 spiro atoms. The van der Waals surface area contributed by atoms with E-state index in [1.165, 1.54) is 43.7 Å². The molecule has 2 fully saturated rings. The van der Waals surface area contributed by atoms with Crippen LogP contribution in [0.3, 0.4) is 0 Å². The SMILES string of the molecule is CC(=O)C(C)C(=O)C1CCC(CCc2ccc(F)cc2C2CCCC2)C1. The molecule has 142 valence electrons. The van der Waals surface area contributed by atoms with Gasteiger partial charge in [-0.1, -0.05) is 18.9 Å². The summed E-state index contributed by atoms with van der Waals surface area (Å²) in [5.74, 6) is 0.658. The van der Waals surface area contributed by atoms with Crippen molar-refractivity contribution in [1.29, 1.82) is 0 Å². The number of hydrogen-bond donors (Lipinski definition) is 0. The molecular weight excluding hydrogens is 327 g/mol. The summed E-state index contributed by atoms with van der Waals surface area (Å²) in [6.07, 6.45) is 9.79. The van der Waals surface area contributed by atoms with Gasteiger partial charge in [0.25, 0.3) is 0 Å². The summed E-state index contributed by atoms with van der Waals surface area (Å²) in [7, 11) is 0. The number of carbonyl (C=O) groups is 2. The Hall–Kier alpha value is -1.51. The molecule has 0 heterocycles. The molecule has 1 aromatic carbocycles. The molecule has 2 aliphatic carbocycles. The zero-order valence-corrected chi connectivity index (χ0v) is 16.1. The summed E-state index contributed by atoms with van der Waals surface area (Å²) in [6.45, 7) is 3.25. The van der Waals surface area contributed by atoms with Gasteiger partial charge in [-0.3, -0.25) is 9.59 Å². The zero-order chi connectivity index (χ0) is 18.7. The molecule has 0 saturated heterocycles.